The van der Waals surface area contributed by atoms with Gasteiger partial charge >= 0.3 is 6.09 Å². The Kier molecular flexibility index (Phi) is 6.22. The number of amides is 1. The SMILES string of the molecule is CC(C)(C)OC(=O)NC(C)(c1ccc(Cl)cc1)[C@H](O)c1cccc(Cl)c1. The molecule has 4 nitrogen and oxygen atoms in total. The Morgan fingerprint density at radius 2 is 1.65 bits per heavy atom. The van der Waals surface area contributed by atoms with Gasteiger partial charge in [0.2, 0.25) is 0 Å². The molecule has 0 radical (unpaired) electrons. The minimum absolute atomic E-state index is 0.497. The van der Waals surface area contributed by atoms with E-state index in [-0.39, 0.29) is 0 Å². The minimum atomic E-state index is -1.16. The van der Waals surface area contributed by atoms with Crippen molar-refractivity contribution in [2.75, 3.05) is 0 Å². The van der Waals surface area contributed by atoms with Crippen molar-refractivity contribution in [3.8, 4) is 0 Å². The van der Waals surface area contributed by atoms with E-state index in [0.29, 0.717) is 21.2 Å². The van der Waals surface area contributed by atoms with Crippen molar-refractivity contribution in [2.24, 2.45) is 0 Å². The van der Waals surface area contributed by atoms with Crippen molar-refractivity contribution >= 4 is 29.3 Å². The zero-order chi connectivity index (χ0) is 19.5. The van der Waals surface area contributed by atoms with Crippen molar-refractivity contribution in [1.82, 2.24) is 5.32 Å². The molecule has 2 atom stereocenters. The second-order valence-electron chi connectivity index (χ2n) is 7.29. The summed E-state index contributed by atoms with van der Waals surface area (Å²) >= 11 is 12.0. The van der Waals surface area contributed by atoms with Crippen LogP contribution in [0, 0.1) is 0 Å². The van der Waals surface area contributed by atoms with E-state index in [2.05, 4.69) is 5.32 Å². The van der Waals surface area contributed by atoms with Crippen LogP contribution in [0.4, 0.5) is 4.79 Å². The summed E-state index contributed by atoms with van der Waals surface area (Å²) in [4.78, 5) is 12.4. The normalized spacial score (nSPS) is 15.0. The summed E-state index contributed by atoms with van der Waals surface area (Å²) in [7, 11) is 0. The van der Waals surface area contributed by atoms with Crippen LogP contribution in [-0.2, 0) is 10.3 Å². The number of carbonyl (C=O) groups is 1. The van der Waals surface area contributed by atoms with E-state index in [1.54, 1.807) is 76.2 Å². The van der Waals surface area contributed by atoms with E-state index in [1.807, 2.05) is 0 Å². The van der Waals surface area contributed by atoms with Gasteiger partial charge in [-0.05, 0) is 63.1 Å². The first-order valence-electron chi connectivity index (χ1n) is 8.22. The molecule has 0 saturated heterocycles. The maximum Gasteiger partial charge on any atom is 0.408 e. The van der Waals surface area contributed by atoms with Gasteiger partial charge < -0.3 is 15.2 Å². The molecule has 0 fully saturated rings. The van der Waals surface area contributed by atoms with Crippen molar-refractivity contribution < 1.29 is 14.6 Å². The Hall–Kier alpha value is -1.75. The first kappa shape index (κ1) is 20.6. The number of carbonyl (C=O) groups excluding carboxylic acids is 1. The van der Waals surface area contributed by atoms with Crippen LogP contribution < -0.4 is 5.32 Å². The van der Waals surface area contributed by atoms with Gasteiger partial charge in [0.15, 0.2) is 0 Å². The van der Waals surface area contributed by atoms with Gasteiger partial charge in [0, 0.05) is 10.0 Å². The third-order valence-electron chi connectivity index (χ3n) is 3.92. The van der Waals surface area contributed by atoms with E-state index >= 15 is 0 Å². The van der Waals surface area contributed by atoms with E-state index < -0.39 is 23.3 Å². The van der Waals surface area contributed by atoms with Gasteiger partial charge in [-0.1, -0.05) is 47.5 Å². The number of alkyl carbamates (subject to hydrolysis) is 1. The van der Waals surface area contributed by atoms with Crippen LogP contribution in [-0.4, -0.2) is 16.8 Å². The molecule has 6 heteroatoms. The molecule has 0 bridgehead atoms. The summed E-state index contributed by atoms with van der Waals surface area (Å²) < 4.78 is 5.38. The van der Waals surface area contributed by atoms with Crippen LogP contribution in [0.3, 0.4) is 0 Å². The summed E-state index contributed by atoms with van der Waals surface area (Å²) in [6.45, 7) is 7.06. The molecule has 2 N–H and O–H groups in total. The van der Waals surface area contributed by atoms with Crippen LogP contribution in [0.1, 0.15) is 44.9 Å². The van der Waals surface area contributed by atoms with Gasteiger partial charge in [0.25, 0.3) is 0 Å². The molecule has 0 aliphatic carbocycles. The van der Waals surface area contributed by atoms with E-state index in [0.717, 1.165) is 0 Å². The van der Waals surface area contributed by atoms with Crippen LogP contribution >= 0.6 is 23.2 Å². The van der Waals surface area contributed by atoms with E-state index in [9.17, 15) is 9.90 Å². The first-order chi connectivity index (χ1) is 12.0. The minimum Gasteiger partial charge on any atom is -0.444 e. The van der Waals surface area contributed by atoms with Gasteiger partial charge in [-0.25, -0.2) is 4.79 Å². The van der Waals surface area contributed by atoms with Gasteiger partial charge in [0.1, 0.15) is 11.7 Å². The van der Waals surface area contributed by atoms with Crippen molar-refractivity contribution in [3.63, 3.8) is 0 Å². The fourth-order valence-electron chi connectivity index (χ4n) is 2.62. The number of halogens is 2. The molecule has 2 aromatic carbocycles. The predicted molar refractivity (Wildman–Crippen MR) is 105 cm³/mol. The zero-order valence-corrected chi connectivity index (χ0v) is 16.7. The number of rotatable bonds is 4. The van der Waals surface area contributed by atoms with E-state index in [1.165, 1.54) is 0 Å². The van der Waals surface area contributed by atoms with Gasteiger partial charge in [-0.3, -0.25) is 0 Å². The summed E-state index contributed by atoms with van der Waals surface area (Å²) in [6, 6.07) is 13.8. The van der Waals surface area contributed by atoms with Crippen LogP contribution in [0.25, 0.3) is 0 Å². The average Bonchev–Trinajstić information content (AvgIpc) is 2.52. The topological polar surface area (TPSA) is 58.6 Å². The van der Waals surface area contributed by atoms with Crippen LogP contribution in [0.5, 0.6) is 0 Å². The average molecular weight is 396 g/mol. The molecule has 26 heavy (non-hydrogen) atoms. The Balaban J connectivity index is 2.43. The summed E-state index contributed by atoms with van der Waals surface area (Å²) in [5, 5.41) is 14.9. The van der Waals surface area contributed by atoms with Gasteiger partial charge in [-0.15, -0.1) is 0 Å². The molecule has 0 aromatic heterocycles. The van der Waals surface area contributed by atoms with Crippen LogP contribution in [0.2, 0.25) is 10.0 Å². The zero-order valence-electron chi connectivity index (χ0n) is 15.2. The Bertz CT molecular complexity index is 771. The van der Waals surface area contributed by atoms with Gasteiger partial charge in [-0.2, -0.15) is 0 Å². The Morgan fingerprint density at radius 3 is 2.19 bits per heavy atom. The third kappa shape index (κ3) is 5.13. The molecule has 2 rings (SSSR count). The second kappa shape index (κ2) is 7.87. The van der Waals surface area contributed by atoms with Crippen molar-refractivity contribution in [1.29, 1.82) is 0 Å². The first-order valence-corrected chi connectivity index (χ1v) is 8.97. The summed E-state index contributed by atoms with van der Waals surface area (Å²) in [5.74, 6) is 0. The highest BCUT2D eigenvalue weighted by Crippen LogP contribution is 2.36. The lowest BCUT2D eigenvalue weighted by molar-refractivity contribution is 0.0236. The maximum absolute atomic E-state index is 12.4. The lowest BCUT2D eigenvalue weighted by atomic mass is 9.83. The second-order valence-corrected chi connectivity index (χ2v) is 8.17. The number of aliphatic hydroxyl groups excluding tert-OH is 1. The summed E-state index contributed by atoms with van der Waals surface area (Å²) in [5.41, 5.74) is -0.560. The molecule has 0 aliphatic rings. The molecule has 140 valence electrons. The van der Waals surface area contributed by atoms with Gasteiger partial charge in [0.05, 0.1) is 5.54 Å². The number of hydrogen-bond donors (Lipinski definition) is 2. The molecular weight excluding hydrogens is 373 g/mol. The molecule has 1 amide bonds. The molecule has 1 unspecified atom stereocenters. The monoisotopic (exact) mass is 395 g/mol. The highest BCUT2D eigenvalue weighted by molar-refractivity contribution is 6.30. The quantitative estimate of drug-likeness (QED) is 0.721. The number of aliphatic hydroxyl groups is 1. The Morgan fingerprint density at radius 1 is 1.04 bits per heavy atom. The summed E-state index contributed by atoms with van der Waals surface area (Å²) in [6.07, 6.45) is -1.69. The number of nitrogens with one attached hydrogen (secondary N) is 1. The standard InChI is InChI=1S/C20H23Cl2NO3/c1-19(2,3)26-18(25)23-20(4,14-8-10-15(21)11-9-14)17(24)13-6-5-7-16(22)12-13/h5-12,17,24H,1-4H3,(H,23,25)/t17-,20?/m1/s1. The molecule has 0 heterocycles. The third-order valence-corrected chi connectivity index (χ3v) is 4.40. The van der Waals surface area contributed by atoms with Crippen molar-refractivity contribution in [3.05, 3.63) is 69.7 Å². The van der Waals surface area contributed by atoms with Crippen LogP contribution in [0.15, 0.2) is 48.5 Å². The highest BCUT2D eigenvalue weighted by Gasteiger charge is 2.39. The molecule has 0 aliphatic heterocycles. The smallest absolute Gasteiger partial charge is 0.408 e. The number of ether oxygens (including phenoxy) is 1. The van der Waals surface area contributed by atoms with E-state index in [4.69, 9.17) is 27.9 Å². The lowest BCUT2D eigenvalue weighted by Gasteiger charge is -2.37. The van der Waals surface area contributed by atoms with Crippen molar-refractivity contribution in [2.45, 2.75) is 44.9 Å². The fourth-order valence-corrected chi connectivity index (χ4v) is 2.94. The Labute approximate surface area is 164 Å². The molecule has 0 spiro atoms. The largest absolute Gasteiger partial charge is 0.444 e. The molecular formula is C20H23Cl2NO3. The number of hydrogen-bond acceptors (Lipinski definition) is 3. The maximum atomic E-state index is 12.4. The number of benzene rings is 2. The molecule has 2 aromatic rings. The highest BCUT2D eigenvalue weighted by atomic mass is 35.5. The predicted octanol–water partition coefficient (Wildman–Crippen LogP) is 5.47. The molecule has 0 saturated carbocycles. The lowest BCUT2D eigenvalue weighted by Crippen LogP contribution is -2.49. The fraction of sp³-hybridized carbons (Fsp3) is 0.350.